The van der Waals surface area contributed by atoms with E-state index in [1.807, 2.05) is 65.8 Å². The molecule has 158 valence electrons. The number of ether oxygens (including phenoxy) is 1. The van der Waals surface area contributed by atoms with Gasteiger partial charge >= 0.3 is 5.97 Å². The van der Waals surface area contributed by atoms with E-state index in [0.717, 1.165) is 42.4 Å². The maximum Gasteiger partial charge on any atom is 0.343 e. The molecule has 0 unspecified atom stereocenters. The van der Waals surface area contributed by atoms with E-state index in [1.165, 1.54) is 0 Å². The number of aryl methyl sites for hydroxylation is 1. The molecule has 0 aliphatic carbocycles. The maximum atomic E-state index is 13.1. The Labute approximate surface area is 176 Å². The van der Waals surface area contributed by atoms with E-state index in [-0.39, 0.29) is 22.5 Å². The summed E-state index contributed by atoms with van der Waals surface area (Å²) in [4.78, 5) is 13.1. The minimum absolute atomic E-state index is 0.265. The Morgan fingerprint density at radius 1 is 0.931 bits per heavy atom. The van der Waals surface area contributed by atoms with Crippen molar-refractivity contribution in [1.29, 1.82) is 0 Å². The molecule has 2 aromatic rings. The quantitative estimate of drug-likeness (QED) is 0.327. The maximum absolute atomic E-state index is 13.1. The number of unbranched alkanes of at least 4 members (excludes halogenated alkanes) is 2. The number of aromatic hydroxyl groups is 1. The van der Waals surface area contributed by atoms with Gasteiger partial charge in [0.05, 0.1) is 5.56 Å². The van der Waals surface area contributed by atoms with E-state index >= 15 is 0 Å². The van der Waals surface area contributed by atoms with Crippen LogP contribution in [0.3, 0.4) is 0 Å². The van der Waals surface area contributed by atoms with Gasteiger partial charge in [-0.15, -0.1) is 0 Å². The first-order chi connectivity index (χ1) is 13.4. The van der Waals surface area contributed by atoms with E-state index < -0.39 is 0 Å². The lowest BCUT2D eigenvalue weighted by molar-refractivity contribution is 0.0732. The van der Waals surface area contributed by atoms with Crippen molar-refractivity contribution in [2.45, 2.75) is 85.0 Å². The van der Waals surface area contributed by atoms with E-state index in [9.17, 15) is 9.90 Å². The normalized spacial score (nSPS) is 12.1. The molecular weight excluding hydrogens is 360 g/mol. The van der Waals surface area contributed by atoms with Crippen molar-refractivity contribution in [2.24, 2.45) is 0 Å². The van der Waals surface area contributed by atoms with Crippen molar-refractivity contribution in [2.75, 3.05) is 0 Å². The summed E-state index contributed by atoms with van der Waals surface area (Å²) in [5.74, 6) is 0.502. The highest BCUT2D eigenvalue weighted by atomic mass is 16.5. The zero-order valence-corrected chi connectivity index (χ0v) is 19.1. The average Bonchev–Trinajstić information content (AvgIpc) is 2.61. The van der Waals surface area contributed by atoms with Gasteiger partial charge in [0.2, 0.25) is 0 Å². The third-order valence-electron chi connectivity index (χ3n) is 5.19. The third-order valence-corrected chi connectivity index (χ3v) is 5.19. The topological polar surface area (TPSA) is 46.5 Å². The molecule has 0 radical (unpaired) electrons. The highest BCUT2D eigenvalue weighted by Gasteiger charge is 2.28. The number of hydrogen-bond acceptors (Lipinski definition) is 3. The fourth-order valence-corrected chi connectivity index (χ4v) is 3.43. The molecule has 0 fully saturated rings. The standard InChI is InChI=1S/C26H36O3/c1-8-9-10-13-18-14-11-12-15-22(18)29-24(28)19-16-20(25(2,3)4)23(27)21(17-19)26(5,6)7/h11-12,14-17,27H,8-10,13H2,1-7H3. The second-order valence-corrected chi connectivity index (χ2v) is 9.87. The van der Waals surface area contributed by atoms with Crippen LogP contribution in [0, 0.1) is 0 Å². The van der Waals surface area contributed by atoms with Crippen LogP contribution in [0.25, 0.3) is 0 Å². The minimum atomic E-state index is -0.385. The lowest BCUT2D eigenvalue weighted by Crippen LogP contribution is -2.20. The molecule has 0 aromatic heterocycles. The molecule has 0 saturated carbocycles. The summed E-state index contributed by atoms with van der Waals surface area (Å²) in [6.07, 6.45) is 4.28. The van der Waals surface area contributed by atoms with Crippen LogP contribution in [0.1, 0.15) is 94.8 Å². The van der Waals surface area contributed by atoms with Crippen molar-refractivity contribution in [3.8, 4) is 11.5 Å². The molecule has 2 aromatic carbocycles. The molecular formula is C26H36O3. The van der Waals surface area contributed by atoms with Crippen molar-refractivity contribution < 1.29 is 14.6 Å². The van der Waals surface area contributed by atoms with Gasteiger partial charge in [0, 0.05) is 11.1 Å². The second-order valence-electron chi connectivity index (χ2n) is 9.87. The summed E-state index contributed by atoms with van der Waals surface area (Å²) in [7, 11) is 0. The fraction of sp³-hybridized carbons (Fsp3) is 0.500. The van der Waals surface area contributed by atoms with Gasteiger partial charge in [-0.2, -0.15) is 0 Å². The van der Waals surface area contributed by atoms with Crippen LogP contribution in [0.2, 0.25) is 0 Å². The number of carbonyl (C=O) groups is 1. The molecule has 1 N–H and O–H groups in total. The number of esters is 1. The number of carbonyl (C=O) groups excluding carboxylic acids is 1. The number of phenolic OH excluding ortho intramolecular Hbond substituents is 1. The van der Waals surface area contributed by atoms with Gasteiger partial charge in [-0.1, -0.05) is 79.5 Å². The predicted molar refractivity (Wildman–Crippen MR) is 120 cm³/mol. The van der Waals surface area contributed by atoms with E-state index in [2.05, 4.69) is 6.92 Å². The molecule has 0 aliphatic heterocycles. The van der Waals surface area contributed by atoms with Crippen molar-refractivity contribution in [1.82, 2.24) is 0 Å². The molecule has 3 heteroatoms. The van der Waals surface area contributed by atoms with Crippen molar-refractivity contribution in [3.05, 3.63) is 58.7 Å². The molecule has 29 heavy (non-hydrogen) atoms. The Morgan fingerprint density at radius 2 is 1.48 bits per heavy atom. The first-order valence-electron chi connectivity index (χ1n) is 10.6. The summed E-state index contributed by atoms with van der Waals surface area (Å²) >= 11 is 0. The largest absolute Gasteiger partial charge is 0.507 e. The molecule has 3 nitrogen and oxygen atoms in total. The van der Waals surface area contributed by atoms with Crippen LogP contribution in [0.5, 0.6) is 11.5 Å². The number of hydrogen-bond donors (Lipinski definition) is 1. The van der Waals surface area contributed by atoms with Crippen LogP contribution in [-0.4, -0.2) is 11.1 Å². The number of para-hydroxylation sites is 1. The van der Waals surface area contributed by atoms with Gasteiger partial charge in [0.1, 0.15) is 11.5 Å². The van der Waals surface area contributed by atoms with E-state index in [4.69, 9.17) is 4.74 Å². The smallest absolute Gasteiger partial charge is 0.343 e. The van der Waals surface area contributed by atoms with Crippen LogP contribution in [0.4, 0.5) is 0 Å². The van der Waals surface area contributed by atoms with Gasteiger partial charge in [0.25, 0.3) is 0 Å². The lowest BCUT2D eigenvalue weighted by Gasteiger charge is -2.28. The molecule has 0 bridgehead atoms. The Balaban J connectivity index is 2.42. The van der Waals surface area contributed by atoms with Crippen LogP contribution in [0.15, 0.2) is 36.4 Å². The zero-order valence-electron chi connectivity index (χ0n) is 19.1. The Morgan fingerprint density at radius 3 is 2.00 bits per heavy atom. The van der Waals surface area contributed by atoms with Gasteiger partial charge < -0.3 is 9.84 Å². The van der Waals surface area contributed by atoms with E-state index in [1.54, 1.807) is 12.1 Å². The average molecular weight is 397 g/mol. The summed E-state index contributed by atoms with van der Waals surface area (Å²) in [6.45, 7) is 14.4. The third kappa shape index (κ3) is 5.85. The Bertz CT molecular complexity index is 816. The number of benzene rings is 2. The van der Waals surface area contributed by atoms with Crippen molar-refractivity contribution >= 4 is 5.97 Å². The summed E-state index contributed by atoms with van der Waals surface area (Å²) in [5, 5.41) is 10.9. The highest BCUT2D eigenvalue weighted by Crippen LogP contribution is 2.40. The van der Waals surface area contributed by atoms with Crippen LogP contribution < -0.4 is 4.74 Å². The lowest BCUT2D eigenvalue weighted by atomic mass is 9.78. The van der Waals surface area contributed by atoms with Gasteiger partial charge in [-0.25, -0.2) is 4.79 Å². The second kappa shape index (κ2) is 9.02. The molecule has 0 spiro atoms. The first kappa shape index (κ1) is 23.0. The summed E-state index contributed by atoms with van der Waals surface area (Å²) in [6, 6.07) is 11.3. The molecule has 0 saturated heterocycles. The minimum Gasteiger partial charge on any atom is -0.507 e. The molecule has 0 heterocycles. The van der Waals surface area contributed by atoms with Gasteiger partial charge in [-0.05, 0) is 47.4 Å². The Hall–Kier alpha value is -2.29. The van der Waals surface area contributed by atoms with Crippen LogP contribution >= 0.6 is 0 Å². The monoisotopic (exact) mass is 396 g/mol. The van der Waals surface area contributed by atoms with E-state index in [0.29, 0.717) is 11.3 Å². The molecule has 0 atom stereocenters. The summed E-state index contributed by atoms with van der Waals surface area (Å²) < 4.78 is 5.82. The number of rotatable bonds is 6. The van der Waals surface area contributed by atoms with Crippen molar-refractivity contribution in [3.63, 3.8) is 0 Å². The molecule has 0 aliphatic rings. The van der Waals surface area contributed by atoms with Gasteiger partial charge in [0.15, 0.2) is 0 Å². The van der Waals surface area contributed by atoms with Gasteiger partial charge in [-0.3, -0.25) is 0 Å². The predicted octanol–water partition coefficient (Wildman–Crippen LogP) is 6.94. The zero-order chi connectivity index (χ0) is 21.8. The van der Waals surface area contributed by atoms with Crippen LogP contribution in [-0.2, 0) is 17.3 Å². The molecule has 2 rings (SSSR count). The highest BCUT2D eigenvalue weighted by molar-refractivity contribution is 5.92. The Kier molecular flexibility index (Phi) is 7.15. The SMILES string of the molecule is CCCCCc1ccccc1OC(=O)c1cc(C(C)(C)C)c(O)c(C(C)(C)C)c1. The fourth-order valence-electron chi connectivity index (χ4n) is 3.43. The molecule has 0 amide bonds. The first-order valence-corrected chi connectivity index (χ1v) is 10.6. The summed E-state index contributed by atoms with van der Waals surface area (Å²) in [5.41, 5.74) is 2.46. The number of phenols is 1.